The van der Waals surface area contributed by atoms with Crippen molar-refractivity contribution in [3.05, 3.63) is 74.9 Å². The lowest BCUT2D eigenvalue weighted by Gasteiger charge is -2.39. The molecular formula is C62H88ClN11O9. The van der Waals surface area contributed by atoms with Gasteiger partial charge in [0.05, 0.1) is 58.1 Å². The number of likely N-dealkylation sites (tertiary alicyclic amines) is 1. The summed E-state index contributed by atoms with van der Waals surface area (Å²) in [6, 6.07) is 10.1. The number of aromatic nitrogens is 3. The normalized spacial score (nSPS) is 18.8. The molecule has 452 valence electrons. The summed E-state index contributed by atoms with van der Waals surface area (Å²) in [5, 5.41) is 28.4. The summed E-state index contributed by atoms with van der Waals surface area (Å²) < 4.78 is 7.69. The van der Waals surface area contributed by atoms with Gasteiger partial charge in [0.2, 0.25) is 23.6 Å². The van der Waals surface area contributed by atoms with Gasteiger partial charge in [-0.3, -0.25) is 43.2 Å². The van der Waals surface area contributed by atoms with Crippen molar-refractivity contribution in [1.82, 2.24) is 50.5 Å². The van der Waals surface area contributed by atoms with Crippen LogP contribution in [0.4, 0.5) is 10.5 Å². The van der Waals surface area contributed by atoms with Crippen molar-refractivity contribution in [2.24, 2.45) is 16.2 Å². The Morgan fingerprint density at radius 2 is 1.52 bits per heavy atom. The minimum Gasteiger partial charge on any atom is -0.388 e. The van der Waals surface area contributed by atoms with Gasteiger partial charge < -0.3 is 46.2 Å². The molecule has 5 heterocycles. The van der Waals surface area contributed by atoms with E-state index in [0.717, 1.165) is 52.9 Å². The van der Waals surface area contributed by atoms with Crippen LogP contribution >= 0.6 is 11.6 Å². The third kappa shape index (κ3) is 15.8. The molecule has 0 spiro atoms. The number of aliphatic hydroxyl groups is 1. The molecule has 20 nitrogen and oxygen atoms in total. The number of anilines is 1. The number of fused-ring (bicyclic) bond motifs is 3. The van der Waals surface area contributed by atoms with Crippen molar-refractivity contribution < 1.29 is 38.6 Å². The first-order valence-corrected chi connectivity index (χ1v) is 30.2. The largest absolute Gasteiger partial charge is 0.388 e. The second-order valence-corrected chi connectivity index (χ2v) is 26.7. The molecule has 6 N–H and O–H groups in total. The van der Waals surface area contributed by atoms with E-state index >= 15 is 0 Å². The van der Waals surface area contributed by atoms with Crippen LogP contribution in [-0.4, -0.2) is 159 Å². The first-order valence-electron chi connectivity index (χ1n) is 29.8. The van der Waals surface area contributed by atoms with Crippen molar-refractivity contribution in [1.29, 1.82) is 0 Å². The summed E-state index contributed by atoms with van der Waals surface area (Å²) in [5.41, 5.74) is 0.544. The van der Waals surface area contributed by atoms with Crippen molar-refractivity contribution in [3.63, 3.8) is 0 Å². The third-order valence-corrected chi connectivity index (χ3v) is 17.9. The number of ether oxygens (including phenoxy) is 1. The predicted molar refractivity (Wildman–Crippen MR) is 321 cm³/mol. The van der Waals surface area contributed by atoms with E-state index in [1.54, 1.807) is 35.2 Å². The Balaban J connectivity index is 0.702. The highest BCUT2D eigenvalue weighted by atomic mass is 35.5. The number of carbonyl (C=O) groups excluding carboxylic acids is 6. The summed E-state index contributed by atoms with van der Waals surface area (Å²) in [6.07, 6.45) is 9.24. The number of hydrogen-bond donors (Lipinski definition) is 6. The van der Waals surface area contributed by atoms with Crippen LogP contribution in [0.1, 0.15) is 148 Å². The van der Waals surface area contributed by atoms with Gasteiger partial charge in [-0.1, -0.05) is 59.2 Å². The number of rotatable bonds is 23. The molecular weight excluding hydrogens is 1080 g/mol. The van der Waals surface area contributed by atoms with E-state index in [9.17, 15) is 38.7 Å². The second kappa shape index (κ2) is 26.0. The lowest BCUT2D eigenvalue weighted by molar-refractivity contribution is -0.144. The number of carbonyl (C=O) groups is 6. The van der Waals surface area contributed by atoms with Gasteiger partial charge >= 0.3 is 6.03 Å². The third-order valence-electron chi connectivity index (χ3n) is 17.5. The van der Waals surface area contributed by atoms with Crippen LogP contribution in [0.2, 0.25) is 5.02 Å². The Morgan fingerprint density at radius 3 is 2.23 bits per heavy atom. The van der Waals surface area contributed by atoms with Gasteiger partial charge in [0.15, 0.2) is 0 Å². The lowest BCUT2D eigenvalue weighted by Crippen LogP contribution is -2.53. The topological polar surface area (TPSA) is 250 Å². The lowest BCUT2D eigenvalue weighted by atomic mass is 9.69. The van der Waals surface area contributed by atoms with Crippen LogP contribution in [0.5, 0.6) is 0 Å². The Kier molecular flexibility index (Phi) is 19.6. The van der Waals surface area contributed by atoms with Crippen LogP contribution in [-0.2, 0) is 43.3 Å². The number of piperidine rings is 1. The molecule has 0 saturated carbocycles. The van der Waals surface area contributed by atoms with Gasteiger partial charge in [-0.2, -0.15) is 0 Å². The number of nitrogens with zero attached hydrogens (tertiary/aromatic N) is 6. The second-order valence-electron chi connectivity index (χ2n) is 26.3. The SMILES string of the molecule is CC1NC(=O)NC1C(C)(C)CC(C)(C)C(=O)NCCC(C)(C)OCCC(C)(C)C(=O)N1CCN(CC(=O)Nc2ccc3c(=O)n(CC4(O)CCN(C(=O)CCCCNC(=O)c5ccc6c(Cl)c7c(nc6c5)CCCC7)CC4)cnc3c2)CC1. The monoisotopic (exact) mass is 1170 g/mol. The Bertz CT molecular complexity index is 3120. The van der Waals surface area contributed by atoms with Gasteiger partial charge in [0, 0.05) is 105 Å². The zero-order valence-electron chi connectivity index (χ0n) is 50.2. The maximum absolute atomic E-state index is 13.8. The van der Waals surface area contributed by atoms with E-state index in [1.165, 1.54) is 10.9 Å². The Labute approximate surface area is 492 Å². The van der Waals surface area contributed by atoms with Gasteiger partial charge in [0.25, 0.3) is 11.5 Å². The molecule has 0 bridgehead atoms. The fraction of sp³-hybridized carbons (Fsp3) is 0.629. The molecule has 2 atom stereocenters. The van der Waals surface area contributed by atoms with E-state index < -0.39 is 22.0 Å². The van der Waals surface area contributed by atoms with E-state index in [0.29, 0.717) is 132 Å². The summed E-state index contributed by atoms with van der Waals surface area (Å²) in [7, 11) is 0. The molecule has 2 aromatic carbocycles. The van der Waals surface area contributed by atoms with Gasteiger partial charge in [-0.05, 0) is 133 Å². The summed E-state index contributed by atoms with van der Waals surface area (Å²) in [4.78, 5) is 107. The molecule has 83 heavy (non-hydrogen) atoms. The van der Waals surface area contributed by atoms with E-state index in [-0.39, 0.29) is 71.7 Å². The summed E-state index contributed by atoms with van der Waals surface area (Å²) in [6.45, 7) is 21.9. The zero-order chi connectivity index (χ0) is 60.1. The fourth-order valence-corrected chi connectivity index (χ4v) is 12.9. The molecule has 21 heteroatoms. The van der Waals surface area contributed by atoms with Crippen LogP contribution < -0.4 is 32.1 Å². The standard InChI is InChI=1S/C62H88ClN11O9/c1-40-52(70-57(81)67-40)59(4,5)37-60(6,7)55(79)65-26-21-61(8,9)83-33-24-58(2,3)56(80)73-31-29-71(30-32-73)36-49(75)68-42-18-20-45-47(35-42)66-39-74(54(45)78)38-62(82)22-27-72(28-23-62)50(76)16-12-13-25-64-53(77)41-17-19-44-48(34-41)69-46-15-11-10-14-43(46)51(44)63/h17-20,34-35,39-40,52,82H,10-16,21-33,36-38H2,1-9H3,(H,64,77)(H,65,79)(H,68,75)(H2,67,70,81). The van der Waals surface area contributed by atoms with Gasteiger partial charge in [0.1, 0.15) is 0 Å². The first kappa shape index (κ1) is 62.8. The first-order chi connectivity index (χ1) is 39.1. The molecule has 2 aromatic heterocycles. The molecule has 4 aliphatic rings. The number of benzene rings is 2. The number of hydrogen-bond acceptors (Lipinski definition) is 12. The minimum absolute atomic E-state index is 0.0125. The van der Waals surface area contributed by atoms with Gasteiger partial charge in [-0.25, -0.2) is 9.78 Å². The van der Waals surface area contributed by atoms with Crippen LogP contribution in [0.3, 0.4) is 0 Å². The molecule has 0 radical (unpaired) electrons. The molecule has 7 amide bonds. The molecule has 1 aliphatic carbocycles. The number of unbranched alkanes of at least 4 members (excludes halogenated alkanes) is 1. The summed E-state index contributed by atoms with van der Waals surface area (Å²) >= 11 is 6.72. The number of halogens is 1. The molecule has 3 saturated heterocycles. The van der Waals surface area contributed by atoms with Crippen molar-refractivity contribution in [3.8, 4) is 0 Å². The molecule has 3 aliphatic heterocycles. The highest BCUT2D eigenvalue weighted by Crippen LogP contribution is 2.39. The van der Waals surface area contributed by atoms with E-state index in [2.05, 4.69) is 45.4 Å². The number of urea groups is 1. The maximum Gasteiger partial charge on any atom is 0.315 e. The van der Waals surface area contributed by atoms with E-state index in [1.807, 2.05) is 64.3 Å². The average Bonchev–Trinajstić information content (AvgIpc) is 3.61. The molecule has 2 unspecified atom stereocenters. The zero-order valence-corrected chi connectivity index (χ0v) is 51.0. The molecule has 4 aromatic rings. The number of amides is 7. The Hall–Kier alpha value is -6.22. The number of aryl methyl sites for hydroxylation is 1. The summed E-state index contributed by atoms with van der Waals surface area (Å²) in [5.74, 6) is -0.468. The smallest absolute Gasteiger partial charge is 0.315 e. The van der Waals surface area contributed by atoms with Crippen molar-refractivity contribution in [2.75, 3.05) is 70.8 Å². The minimum atomic E-state index is -1.21. The van der Waals surface area contributed by atoms with Crippen LogP contribution in [0, 0.1) is 16.2 Å². The van der Waals surface area contributed by atoms with Crippen molar-refractivity contribution >= 4 is 74.7 Å². The maximum atomic E-state index is 13.8. The highest BCUT2D eigenvalue weighted by Gasteiger charge is 2.45. The number of nitrogens with one attached hydrogen (secondary N) is 5. The van der Waals surface area contributed by atoms with Crippen LogP contribution in [0.15, 0.2) is 47.5 Å². The number of pyridine rings is 1. The highest BCUT2D eigenvalue weighted by molar-refractivity contribution is 6.36. The van der Waals surface area contributed by atoms with E-state index in [4.69, 9.17) is 21.3 Å². The average molecular weight is 1170 g/mol. The quantitative estimate of drug-likeness (QED) is 0.0423. The number of piperazine rings is 1. The van der Waals surface area contributed by atoms with Crippen molar-refractivity contribution in [2.45, 2.75) is 169 Å². The Morgan fingerprint density at radius 1 is 0.807 bits per heavy atom. The van der Waals surface area contributed by atoms with Crippen LogP contribution in [0.25, 0.3) is 21.8 Å². The molecule has 3 fully saturated rings. The fourth-order valence-electron chi connectivity index (χ4n) is 12.6. The molecule has 8 rings (SSSR count). The predicted octanol–water partition coefficient (Wildman–Crippen LogP) is 6.74. The van der Waals surface area contributed by atoms with Gasteiger partial charge in [-0.15, -0.1) is 0 Å².